The summed E-state index contributed by atoms with van der Waals surface area (Å²) in [5, 5.41) is 11.9. The van der Waals surface area contributed by atoms with E-state index in [4.69, 9.17) is 5.11 Å². The molecule has 0 unspecified atom stereocenters. The summed E-state index contributed by atoms with van der Waals surface area (Å²) in [5.41, 5.74) is 1.02. The summed E-state index contributed by atoms with van der Waals surface area (Å²) in [4.78, 5) is 29.6. The molecule has 19 heavy (non-hydrogen) atoms. The summed E-state index contributed by atoms with van der Waals surface area (Å²) in [6, 6.07) is -0.138. The van der Waals surface area contributed by atoms with Crippen molar-refractivity contribution in [2.45, 2.75) is 26.3 Å². The predicted molar refractivity (Wildman–Crippen MR) is 70.9 cm³/mol. The van der Waals surface area contributed by atoms with Gasteiger partial charge in [0.1, 0.15) is 0 Å². The zero-order valence-corrected chi connectivity index (χ0v) is 11.6. The minimum absolute atomic E-state index is 0.138. The van der Waals surface area contributed by atoms with Gasteiger partial charge in [0.2, 0.25) is 0 Å². The van der Waals surface area contributed by atoms with E-state index in [-0.39, 0.29) is 6.03 Å². The van der Waals surface area contributed by atoms with E-state index in [9.17, 15) is 9.59 Å². The highest BCUT2D eigenvalue weighted by Gasteiger charge is 2.37. The number of carbonyl (C=O) groups is 2. The molecule has 1 saturated heterocycles. The Balaban J connectivity index is 1.81. The smallest absolute Gasteiger partial charge is 0.317 e. The highest BCUT2D eigenvalue weighted by Crippen LogP contribution is 2.30. The zero-order valence-electron chi connectivity index (χ0n) is 10.8. The summed E-state index contributed by atoms with van der Waals surface area (Å²) < 4.78 is 0. The number of piperidine rings is 1. The molecule has 0 aromatic carbocycles. The summed E-state index contributed by atoms with van der Waals surface area (Å²) in [6.45, 7) is 3.17. The number of nitrogens with one attached hydrogen (secondary N) is 1. The second-order valence-corrected chi connectivity index (χ2v) is 5.95. The first kappa shape index (κ1) is 13.8. The monoisotopic (exact) mass is 283 g/mol. The van der Waals surface area contributed by atoms with Gasteiger partial charge in [-0.1, -0.05) is 0 Å². The van der Waals surface area contributed by atoms with Crippen LogP contribution in [0.3, 0.4) is 0 Å². The number of nitrogens with zero attached hydrogens (tertiary/aromatic N) is 2. The second kappa shape index (κ2) is 5.56. The minimum Gasteiger partial charge on any atom is -0.481 e. The van der Waals surface area contributed by atoms with Crippen molar-refractivity contribution >= 4 is 23.3 Å². The Morgan fingerprint density at radius 2 is 2.21 bits per heavy atom. The molecular formula is C12H17N3O3S. The van der Waals surface area contributed by atoms with Gasteiger partial charge in [-0.2, -0.15) is 0 Å². The number of likely N-dealkylation sites (tertiary alicyclic amines) is 1. The molecule has 2 rings (SSSR count). The molecule has 1 aromatic heterocycles. The molecule has 2 heterocycles. The van der Waals surface area contributed by atoms with Crippen LogP contribution in [-0.4, -0.2) is 40.1 Å². The van der Waals surface area contributed by atoms with Crippen molar-refractivity contribution in [2.24, 2.45) is 5.41 Å². The molecule has 1 aromatic rings. The Labute approximate surface area is 115 Å². The predicted octanol–water partition coefficient (Wildman–Crippen LogP) is 1.54. The van der Waals surface area contributed by atoms with E-state index in [0.717, 1.165) is 4.88 Å². The highest BCUT2D eigenvalue weighted by atomic mass is 32.1. The van der Waals surface area contributed by atoms with Crippen LogP contribution in [0.15, 0.2) is 11.7 Å². The Bertz CT molecular complexity index is 453. The van der Waals surface area contributed by atoms with E-state index in [0.29, 0.717) is 32.5 Å². The molecule has 0 spiro atoms. The van der Waals surface area contributed by atoms with Gasteiger partial charge in [0.25, 0.3) is 0 Å². The fourth-order valence-electron chi connectivity index (χ4n) is 2.02. The number of amides is 2. The van der Waals surface area contributed by atoms with Crippen LogP contribution >= 0.6 is 11.3 Å². The van der Waals surface area contributed by atoms with Crippen LogP contribution in [0.2, 0.25) is 0 Å². The van der Waals surface area contributed by atoms with Crippen LogP contribution in [0.5, 0.6) is 0 Å². The van der Waals surface area contributed by atoms with E-state index < -0.39 is 11.4 Å². The summed E-state index contributed by atoms with van der Waals surface area (Å²) in [6.07, 6.45) is 2.72. The first-order chi connectivity index (χ1) is 9.01. The number of thiazole rings is 1. The Morgan fingerprint density at radius 1 is 1.53 bits per heavy atom. The van der Waals surface area contributed by atoms with E-state index in [1.807, 2.05) is 0 Å². The number of carbonyl (C=O) groups excluding carboxylic acids is 1. The van der Waals surface area contributed by atoms with E-state index in [1.54, 1.807) is 23.5 Å². The fraction of sp³-hybridized carbons (Fsp3) is 0.583. The number of carboxylic acid groups (broad SMARTS) is 1. The van der Waals surface area contributed by atoms with Gasteiger partial charge in [-0.05, 0) is 19.8 Å². The molecule has 0 aliphatic carbocycles. The van der Waals surface area contributed by atoms with Crippen LogP contribution in [-0.2, 0) is 11.3 Å². The van der Waals surface area contributed by atoms with Gasteiger partial charge in [-0.3, -0.25) is 9.78 Å². The van der Waals surface area contributed by atoms with Crippen molar-refractivity contribution in [3.63, 3.8) is 0 Å². The molecule has 0 radical (unpaired) electrons. The van der Waals surface area contributed by atoms with E-state index in [2.05, 4.69) is 10.3 Å². The molecule has 0 saturated carbocycles. The molecule has 0 atom stereocenters. The van der Waals surface area contributed by atoms with Gasteiger partial charge in [0, 0.05) is 24.2 Å². The van der Waals surface area contributed by atoms with Gasteiger partial charge >= 0.3 is 12.0 Å². The lowest BCUT2D eigenvalue weighted by molar-refractivity contribution is -0.150. The standard InChI is InChI=1S/C12H17N3O3S/c1-12(10(16)17)2-4-15(5-3-12)11(18)14-7-9-6-13-8-19-9/h6,8H,2-5,7H2,1H3,(H,14,18)(H,16,17). The third-order valence-corrected chi connectivity index (χ3v) is 4.35. The maximum Gasteiger partial charge on any atom is 0.317 e. The normalized spacial score (nSPS) is 18.1. The highest BCUT2D eigenvalue weighted by molar-refractivity contribution is 7.09. The van der Waals surface area contributed by atoms with Crippen molar-refractivity contribution in [1.82, 2.24) is 15.2 Å². The number of aromatic nitrogens is 1. The number of carboxylic acids is 1. The molecule has 104 valence electrons. The third-order valence-electron chi connectivity index (χ3n) is 3.57. The fourth-order valence-corrected chi connectivity index (χ4v) is 2.56. The molecule has 6 nitrogen and oxygen atoms in total. The number of aliphatic carboxylic acids is 1. The molecule has 1 fully saturated rings. The van der Waals surface area contributed by atoms with Crippen LogP contribution in [0.4, 0.5) is 4.79 Å². The number of rotatable bonds is 3. The van der Waals surface area contributed by atoms with Crippen molar-refractivity contribution in [3.05, 3.63) is 16.6 Å². The second-order valence-electron chi connectivity index (χ2n) is 4.98. The van der Waals surface area contributed by atoms with Crippen molar-refractivity contribution in [3.8, 4) is 0 Å². The van der Waals surface area contributed by atoms with Crippen molar-refractivity contribution < 1.29 is 14.7 Å². The van der Waals surface area contributed by atoms with Gasteiger partial charge in [0.05, 0.1) is 17.5 Å². The van der Waals surface area contributed by atoms with Crippen LogP contribution in [0.25, 0.3) is 0 Å². The summed E-state index contributed by atoms with van der Waals surface area (Å²) in [5.74, 6) is -0.780. The molecule has 1 aliphatic heterocycles. The third kappa shape index (κ3) is 3.23. The van der Waals surface area contributed by atoms with Crippen molar-refractivity contribution in [1.29, 1.82) is 0 Å². The molecule has 2 N–H and O–H groups in total. The van der Waals surface area contributed by atoms with Crippen LogP contribution in [0.1, 0.15) is 24.6 Å². The van der Waals surface area contributed by atoms with E-state index in [1.165, 1.54) is 11.3 Å². The lowest BCUT2D eigenvalue weighted by Crippen LogP contribution is -2.48. The first-order valence-electron chi connectivity index (χ1n) is 6.15. The molecular weight excluding hydrogens is 266 g/mol. The average Bonchev–Trinajstić information content (AvgIpc) is 2.90. The zero-order chi connectivity index (χ0) is 13.9. The Hall–Kier alpha value is -1.63. The largest absolute Gasteiger partial charge is 0.481 e. The average molecular weight is 283 g/mol. The molecule has 0 bridgehead atoms. The lowest BCUT2D eigenvalue weighted by atomic mass is 9.80. The summed E-state index contributed by atoms with van der Waals surface area (Å²) in [7, 11) is 0. The lowest BCUT2D eigenvalue weighted by Gasteiger charge is -2.36. The minimum atomic E-state index is -0.780. The topological polar surface area (TPSA) is 82.5 Å². The maximum atomic E-state index is 11.9. The van der Waals surface area contributed by atoms with Crippen LogP contribution in [0, 0.1) is 5.41 Å². The number of urea groups is 1. The molecule has 7 heteroatoms. The number of hydrogen-bond acceptors (Lipinski definition) is 4. The van der Waals surface area contributed by atoms with Crippen LogP contribution < -0.4 is 5.32 Å². The molecule has 1 aliphatic rings. The SMILES string of the molecule is CC1(C(=O)O)CCN(C(=O)NCc2cncs2)CC1. The quantitative estimate of drug-likeness (QED) is 0.881. The summed E-state index contributed by atoms with van der Waals surface area (Å²) >= 11 is 1.49. The van der Waals surface area contributed by atoms with Gasteiger partial charge in [-0.25, -0.2) is 4.79 Å². The molecule has 2 amide bonds. The van der Waals surface area contributed by atoms with E-state index >= 15 is 0 Å². The number of hydrogen-bond donors (Lipinski definition) is 2. The maximum absolute atomic E-state index is 11.9. The van der Waals surface area contributed by atoms with Gasteiger partial charge < -0.3 is 15.3 Å². The van der Waals surface area contributed by atoms with Crippen molar-refractivity contribution in [2.75, 3.05) is 13.1 Å². The Kier molecular flexibility index (Phi) is 4.04. The van der Waals surface area contributed by atoms with Gasteiger partial charge in [-0.15, -0.1) is 11.3 Å². The Morgan fingerprint density at radius 3 is 2.74 bits per heavy atom. The first-order valence-corrected chi connectivity index (χ1v) is 7.03. The van der Waals surface area contributed by atoms with Gasteiger partial charge in [0.15, 0.2) is 0 Å².